The maximum Gasteiger partial charge on any atom is 0.255 e. The Morgan fingerprint density at radius 1 is 1.35 bits per heavy atom. The minimum Gasteiger partial charge on any atom is -0.349 e. The molecule has 0 aromatic carbocycles. The molecule has 0 spiro atoms. The summed E-state index contributed by atoms with van der Waals surface area (Å²) in [4.78, 5) is 12.5. The van der Waals surface area contributed by atoms with E-state index in [1.165, 1.54) is 25.7 Å². The number of aryl methyl sites for hydroxylation is 2. The summed E-state index contributed by atoms with van der Waals surface area (Å²) >= 11 is 0. The zero-order chi connectivity index (χ0) is 14.4. The highest BCUT2D eigenvalue weighted by atomic mass is 16.1. The molecule has 4 nitrogen and oxygen atoms in total. The Morgan fingerprint density at radius 3 is 2.60 bits per heavy atom. The predicted octanol–water partition coefficient (Wildman–Crippen LogP) is 2.59. The Balaban J connectivity index is 1.69. The van der Waals surface area contributed by atoms with Crippen LogP contribution in [0, 0.1) is 31.6 Å². The van der Waals surface area contributed by atoms with Gasteiger partial charge in [0.05, 0.1) is 11.3 Å². The third-order valence-electron chi connectivity index (χ3n) is 5.53. The fourth-order valence-corrected chi connectivity index (χ4v) is 4.39. The van der Waals surface area contributed by atoms with Crippen molar-refractivity contribution < 1.29 is 4.79 Å². The average Bonchev–Trinajstić information content (AvgIpc) is 3.05. The normalized spacial score (nSPS) is 29.7. The summed E-state index contributed by atoms with van der Waals surface area (Å²) in [6, 6.07) is 0.275. The van der Waals surface area contributed by atoms with E-state index >= 15 is 0 Å². The number of fused-ring (bicyclic) bond motifs is 2. The van der Waals surface area contributed by atoms with Gasteiger partial charge in [0.1, 0.15) is 0 Å². The average molecular weight is 275 g/mol. The highest BCUT2D eigenvalue weighted by molar-refractivity contribution is 5.96. The molecule has 1 heterocycles. The molecule has 1 aromatic heterocycles. The van der Waals surface area contributed by atoms with Gasteiger partial charge in [-0.1, -0.05) is 6.42 Å². The molecule has 2 aliphatic rings. The molecule has 4 atom stereocenters. The van der Waals surface area contributed by atoms with Crippen LogP contribution < -0.4 is 5.32 Å². The van der Waals surface area contributed by atoms with Crippen molar-refractivity contribution in [2.24, 2.45) is 24.8 Å². The molecule has 4 heteroatoms. The number of nitrogens with zero attached hydrogens (tertiary/aromatic N) is 2. The van der Waals surface area contributed by atoms with Crippen LogP contribution in [0.1, 0.15) is 54.4 Å². The molecule has 110 valence electrons. The van der Waals surface area contributed by atoms with Crippen molar-refractivity contribution >= 4 is 5.91 Å². The molecule has 2 bridgehead atoms. The summed E-state index contributed by atoms with van der Waals surface area (Å²) in [5.74, 6) is 2.48. The van der Waals surface area contributed by atoms with Gasteiger partial charge in [-0.2, -0.15) is 5.10 Å². The van der Waals surface area contributed by atoms with Crippen LogP contribution in [0.2, 0.25) is 0 Å². The van der Waals surface area contributed by atoms with Crippen LogP contribution in [0.25, 0.3) is 0 Å². The van der Waals surface area contributed by atoms with Crippen LogP contribution in [0.15, 0.2) is 0 Å². The minimum absolute atomic E-state index is 0.0448. The van der Waals surface area contributed by atoms with Crippen molar-refractivity contribution in [1.82, 2.24) is 15.1 Å². The standard InChI is InChI=1S/C16H25N3O/c1-9(14-8-12-5-6-13(14)7-12)17-16(20)15-10(2)18-19(4)11(15)3/h9,12-14H,5-8H2,1-4H3,(H,17,20)/t9-,12+,13+,14+/m0/s1. The first-order valence-corrected chi connectivity index (χ1v) is 7.78. The third kappa shape index (κ3) is 2.15. The summed E-state index contributed by atoms with van der Waals surface area (Å²) in [7, 11) is 1.89. The van der Waals surface area contributed by atoms with Gasteiger partial charge >= 0.3 is 0 Å². The van der Waals surface area contributed by atoms with Crippen LogP contribution in [-0.2, 0) is 7.05 Å². The molecule has 0 aliphatic heterocycles. The van der Waals surface area contributed by atoms with E-state index in [1.807, 2.05) is 20.9 Å². The molecule has 2 fully saturated rings. The number of hydrogen-bond donors (Lipinski definition) is 1. The second kappa shape index (κ2) is 4.90. The summed E-state index contributed by atoms with van der Waals surface area (Å²) in [5, 5.41) is 7.56. The van der Waals surface area contributed by atoms with Crippen molar-refractivity contribution in [2.75, 3.05) is 0 Å². The van der Waals surface area contributed by atoms with E-state index in [1.54, 1.807) is 4.68 Å². The van der Waals surface area contributed by atoms with Gasteiger partial charge in [0.15, 0.2) is 0 Å². The number of carbonyl (C=O) groups excluding carboxylic acids is 1. The summed E-state index contributed by atoms with van der Waals surface area (Å²) < 4.78 is 1.78. The van der Waals surface area contributed by atoms with Gasteiger partial charge in [-0.05, 0) is 57.8 Å². The van der Waals surface area contributed by atoms with Crippen molar-refractivity contribution in [2.45, 2.75) is 52.5 Å². The summed E-state index contributed by atoms with van der Waals surface area (Å²) in [6.07, 6.45) is 5.45. The van der Waals surface area contributed by atoms with E-state index in [-0.39, 0.29) is 11.9 Å². The monoisotopic (exact) mass is 275 g/mol. The van der Waals surface area contributed by atoms with E-state index in [2.05, 4.69) is 17.3 Å². The lowest BCUT2D eigenvalue weighted by Gasteiger charge is -2.28. The van der Waals surface area contributed by atoms with Crippen LogP contribution in [0.4, 0.5) is 0 Å². The van der Waals surface area contributed by atoms with E-state index in [4.69, 9.17) is 0 Å². The van der Waals surface area contributed by atoms with Gasteiger partial charge in [0, 0.05) is 18.8 Å². The molecule has 3 rings (SSSR count). The molecular formula is C16H25N3O. The molecule has 0 unspecified atom stereocenters. The zero-order valence-electron chi connectivity index (χ0n) is 12.9. The molecule has 20 heavy (non-hydrogen) atoms. The molecule has 2 saturated carbocycles. The topological polar surface area (TPSA) is 46.9 Å². The Labute approximate surface area is 120 Å². The fraction of sp³-hybridized carbons (Fsp3) is 0.750. The van der Waals surface area contributed by atoms with Gasteiger partial charge in [-0.3, -0.25) is 9.48 Å². The smallest absolute Gasteiger partial charge is 0.255 e. The van der Waals surface area contributed by atoms with Gasteiger partial charge < -0.3 is 5.32 Å². The lowest BCUT2D eigenvalue weighted by Crippen LogP contribution is -2.40. The van der Waals surface area contributed by atoms with E-state index < -0.39 is 0 Å². The second-order valence-electron chi connectivity index (χ2n) is 6.77. The fourth-order valence-electron chi connectivity index (χ4n) is 4.39. The molecular weight excluding hydrogens is 250 g/mol. The first-order valence-electron chi connectivity index (χ1n) is 7.78. The first-order chi connectivity index (χ1) is 9.47. The summed E-state index contributed by atoms with van der Waals surface area (Å²) in [5.41, 5.74) is 2.52. The number of carbonyl (C=O) groups is 1. The van der Waals surface area contributed by atoms with Crippen LogP contribution in [-0.4, -0.2) is 21.7 Å². The number of nitrogens with one attached hydrogen (secondary N) is 1. The maximum absolute atomic E-state index is 12.5. The quantitative estimate of drug-likeness (QED) is 0.921. The Bertz CT molecular complexity index is 534. The second-order valence-corrected chi connectivity index (χ2v) is 6.77. The van der Waals surface area contributed by atoms with Crippen molar-refractivity contribution in [1.29, 1.82) is 0 Å². The summed E-state index contributed by atoms with van der Waals surface area (Å²) in [6.45, 7) is 6.03. The maximum atomic E-state index is 12.5. The lowest BCUT2D eigenvalue weighted by atomic mass is 9.84. The van der Waals surface area contributed by atoms with Gasteiger partial charge in [-0.15, -0.1) is 0 Å². The highest BCUT2D eigenvalue weighted by Crippen LogP contribution is 2.49. The number of hydrogen-bond acceptors (Lipinski definition) is 2. The molecule has 1 aromatic rings. The van der Waals surface area contributed by atoms with Gasteiger partial charge in [0.25, 0.3) is 5.91 Å². The van der Waals surface area contributed by atoms with Crippen molar-refractivity contribution in [3.8, 4) is 0 Å². The number of aromatic nitrogens is 2. The lowest BCUT2D eigenvalue weighted by molar-refractivity contribution is 0.0914. The Hall–Kier alpha value is -1.32. The van der Waals surface area contributed by atoms with Crippen LogP contribution in [0.5, 0.6) is 0 Å². The molecule has 0 radical (unpaired) electrons. The zero-order valence-corrected chi connectivity index (χ0v) is 12.9. The largest absolute Gasteiger partial charge is 0.349 e. The highest BCUT2D eigenvalue weighted by Gasteiger charge is 2.42. The Kier molecular flexibility index (Phi) is 3.35. The van der Waals surface area contributed by atoms with Gasteiger partial charge in [-0.25, -0.2) is 0 Å². The molecule has 1 amide bonds. The number of rotatable bonds is 3. The minimum atomic E-state index is 0.0448. The van der Waals surface area contributed by atoms with Crippen LogP contribution in [0.3, 0.4) is 0 Å². The predicted molar refractivity (Wildman–Crippen MR) is 78.5 cm³/mol. The van der Waals surface area contributed by atoms with Crippen molar-refractivity contribution in [3.05, 3.63) is 17.0 Å². The van der Waals surface area contributed by atoms with Crippen molar-refractivity contribution in [3.63, 3.8) is 0 Å². The van der Waals surface area contributed by atoms with Crippen LogP contribution >= 0.6 is 0 Å². The molecule has 2 aliphatic carbocycles. The SMILES string of the molecule is Cc1nn(C)c(C)c1C(=O)N[C@@H](C)[C@H]1C[C@@H]2CC[C@@H]1C2. The van der Waals surface area contributed by atoms with E-state index in [0.29, 0.717) is 5.92 Å². The number of amides is 1. The third-order valence-corrected chi connectivity index (χ3v) is 5.53. The van der Waals surface area contributed by atoms with E-state index in [9.17, 15) is 4.79 Å². The van der Waals surface area contributed by atoms with Gasteiger partial charge in [0.2, 0.25) is 0 Å². The van der Waals surface area contributed by atoms with E-state index in [0.717, 1.165) is 28.8 Å². The Morgan fingerprint density at radius 2 is 2.10 bits per heavy atom. The molecule has 0 saturated heterocycles. The molecule has 1 N–H and O–H groups in total. The first kappa shape index (κ1) is 13.7.